The predicted octanol–water partition coefficient (Wildman–Crippen LogP) is 1.45. The first-order valence-corrected chi connectivity index (χ1v) is 5.39. The molecule has 2 heteroatoms. The van der Waals surface area contributed by atoms with E-state index in [1.54, 1.807) is 0 Å². The number of carbonyl (C=O) groups excluding carboxylic acids is 1. The van der Waals surface area contributed by atoms with Crippen molar-refractivity contribution in [1.82, 2.24) is 0 Å². The molecule has 0 aromatic rings. The SMILES string of the molecule is CC(C)C12C3OC(=O)C4CC3C1C42. The van der Waals surface area contributed by atoms with Crippen LogP contribution in [-0.2, 0) is 9.53 Å². The third kappa shape index (κ3) is 0.420. The van der Waals surface area contributed by atoms with E-state index in [0.717, 1.165) is 24.2 Å². The third-order valence-electron chi connectivity index (χ3n) is 5.28. The summed E-state index contributed by atoms with van der Waals surface area (Å²) in [6.45, 7) is 4.58. The van der Waals surface area contributed by atoms with Crippen LogP contribution in [0.25, 0.3) is 0 Å². The van der Waals surface area contributed by atoms with E-state index >= 15 is 0 Å². The van der Waals surface area contributed by atoms with Gasteiger partial charge in [-0.15, -0.1) is 0 Å². The molecule has 0 radical (unpaired) electrons. The average molecular weight is 178 g/mol. The Balaban J connectivity index is 1.83. The van der Waals surface area contributed by atoms with Crippen molar-refractivity contribution in [1.29, 1.82) is 0 Å². The predicted molar refractivity (Wildman–Crippen MR) is 45.7 cm³/mol. The Bertz CT molecular complexity index is 318. The number of hydrogen-bond donors (Lipinski definition) is 0. The number of fused-ring (bicyclic) bond motifs is 1. The smallest absolute Gasteiger partial charge is 0.309 e. The highest BCUT2D eigenvalue weighted by Crippen LogP contribution is 2.88. The van der Waals surface area contributed by atoms with Gasteiger partial charge in [-0.2, -0.15) is 0 Å². The van der Waals surface area contributed by atoms with Crippen LogP contribution in [0.15, 0.2) is 0 Å². The zero-order chi connectivity index (χ0) is 8.96. The van der Waals surface area contributed by atoms with Crippen molar-refractivity contribution in [3.63, 3.8) is 0 Å². The van der Waals surface area contributed by atoms with E-state index in [1.807, 2.05) is 0 Å². The molecule has 6 atom stereocenters. The number of esters is 1. The molecule has 5 rings (SSSR count). The fourth-order valence-electron chi connectivity index (χ4n) is 4.99. The summed E-state index contributed by atoms with van der Waals surface area (Å²) in [5.41, 5.74) is 0.460. The van der Waals surface area contributed by atoms with Crippen molar-refractivity contribution in [2.24, 2.45) is 35.0 Å². The van der Waals surface area contributed by atoms with Gasteiger partial charge in [0.25, 0.3) is 0 Å². The third-order valence-corrected chi connectivity index (χ3v) is 5.28. The Morgan fingerprint density at radius 2 is 2.23 bits per heavy atom. The van der Waals surface area contributed by atoms with Crippen LogP contribution in [0.2, 0.25) is 0 Å². The zero-order valence-electron chi connectivity index (χ0n) is 7.99. The van der Waals surface area contributed by atoms with Gasteiger partial charge >= 0.3 is 5.97 Å². The maximum atomic E-state index is 11.4. The van der Waals surface area contributed by atoms with E-state index in [1.165, 1.54) is 0 Å². The summed E-state index contributed by atoms with van der Waals surface area (Å²) in [5.74, 6) is 3.47. The Morgan fingerprint density at radius 3 is 2.85 bits per heavy atom. The van der Waals surface area contributed by atoms with E-state index in [0.29, 0.717) is 23.4 Å². The van der Waals surface area contributed by atoms with Gasteiger partial charge in [-0.3, -0.25) is 4.79 Å². The first-order valence-electron chi connectivity index (χ1n) is 5.39. The second kappa shape index (κ2) is 1.55. The molecule has 0 aromatic carbocycles. The molecule has 0 N–H and O–H groups in total. The van der Waals surface area contributed by atoms with Crippen molar-refractivity contribution in [2.45, 2.75) is 26.4 Å². The van der Waals surface area contributed by atoms with Crippen LogP contribution in [0.4, 0.5) is 0 Å². The summed E-state index contributed by atoms with van der Waals surface area (Å²) in [6, 6.07) is 0. The number of hydrogen-bond acceptors (Lipinski definition) is 2. The number of rotatable bonds is 1. The normalized spacial score (nSPS) is 64.8. The highest BCUT2D eigenvalue weighted by Gasteiger charge is 2.91. The highest BCUT2D eigenvalue weighted by molar-refractivity contribution is 5.79. The molecule has 3 saturated carbocycles. The quantitative estimate of drug-likeness (QED) is 0.568. The minimum absolute atomic E-state index is 0.113. The summed E-state index contributed by atoms with van der Waals surface area (Å²) >= 11 is 0. The summed E-state index contributed by atoms with van der Waals surface area (Å²) in [7, 11) is 0. The van der Waals surface area contributed by atoms with Gasteiger partial charge in [-0.25, -0.2) is 0 Å². The van der Waals surface area contributed by atoms with Crippen molar-refractivity contribution < 1.29 is 9.53 Å². The van der Waals surface area contributed by atoms with E-state index in [9.17, 15) is 4.79 Å². The topological polar surface area (TPSA) is 26.3 Å². The number of ether oxygens (including phenoxy) is 1. The molecule has 70 valence electrons. The van der Waals surface area contributed by atoms with Gasteiger partial charge in [0.2, 0.25) is 0 Å². The lowest BCUT2D eigenvalue weighted by Crippen LogP contribution is -2.57. The standard InChI is InChI=1S/C11H14O2/c1-4(2)11-7-5-3-6(8(7)11)10(12)13-9(5)11/h4-9H,3H2,1-2H3. The molecule has 2 heterocycles. The van der Waals surface area contributed by atoms with Crippen LogP contribution in [0, 0.1) is 35.0 Å². The second-order valence-corrected chi connectivity index (χ2v) is 5.57. The van der Waals surface area contributed by atoms with E-state index in [-0.39, 0.29) is 5.97 Å². The lowest BCUT2D eigenvalue weighted by molar-refractivity contribution is -0.203. The lowest BCUT2D eigenvalue weighted by atomic mass is 9.60. The highest BCUT2D eigenvalue weighted by atomic mass is 16.6. The van der Waals surface area contributed by atoms with Crippen molar-refractivity contribution >= 4 is 5.97 Å². The largest absolute Gasteiger partial charge is 0.461 e. The monoisotopic (exact) mass is 178 g/mol. The molecule has 3 aliphatic carbocycles. The van der Waals surface area contributed by atoms with Gasteiger partial charge in [0.15, 0.2) is 0 Å². The van der Waals surface area contributed by atoms with Crippen molar-refractivity contribution in [2.75, 3.05) is 0 Å². The molecule has 2 saturated heterocycles. The molecule has 2 aliphatic heterocycles. The Labute approximate surface area is 77.6 Å². The minimum Gasteiger partial charge on any atom is -0.461 e. The average Bonchev–Trinajstić information content (AvgIpc) is 2.60. The first kappa shape index (κ1) is 6.86. The molecule has 0 amide bonds. The molecule has 6 unspecified atom stereocenters. The summed E-state index contributed by atoms with van der Waals surface area (Å²) < 4.78 is 5.49. The Morgan fingerprint density at radius 1 is 1.46 bits per heavy atom. The van der Waals surface area contributed by atoms with Crippen LogP contribution >= 0.6 is 0 Å². The van der Waals surface area contributed by atoms with Gasteiger partial charge in [-0.1, -0.05) is 13.8 Å². The summed E-state index contributed by atoms with van der Waals surface area (Å²) in [4.78, 5) is 11.4. The van der Waals surface area contributed by atoms with Gasteiger partial charge in [0.05, 0.1) is 5.92 Å². The van der Waals surface area contributed by atoms with E-state index in [2.05, 4.69) is 13.8 Å². The maximum absolute atomic E-state index is 11.4. The van der Waals surface area contributed by atoms with E-state index in [4.69, 9.17) is 4.74 Å². The van der Waals surface area contributed by atoms with Gasteiger partial charge in [0, 0.05) is 11.3 Å². The van der Waals surface area contributed by atoms with Crippen LogP contribution in [0.5, 0.6) is 0 Å². The van der Waals surface area contributed by atoms with Gasteiger partial charge < -0.3 is 4.74 Å². The molecule has 5 fully saturated rings. The molecule has 0 spiro atoms. The zero-order valence-corrected chi connectivity index (χ0v) is 7.99. The maximum Gasteiger partial charge on any atom is 0.309 e. The lowest BCUT2D eigenvalue weighted by Gasteiger charge is -2.52. The minimum atomic E-state index is 0.113. The van der Waals surface area contributed by atoms with Gasteiger partial charge in [0.1, 0.15) is 6.10 Å². The summed E-state index contributed by atoms with van der Waals surface area (Å²) in [6.07, 6.45) is 1.47. The molecule has 13 heavy (non-hydrogen) atoms. The fourth-order valence-corrected chi connectivity index (χ4v) is 4.99. The van der Waals surface area contributed by atoms with Crippen molar-refractivity contribution in [3.8, 4) is 0 Å². The van der Waals surface area contributed by atoms with Gasteiger partial charge in [-0.05, 0) is 24.2 Å². The van der Waals surface area contributed by atoms with Crippen LogP contribution < -0.4 is 0 Å². The Kier molecular flexibility index (Phi) is 0.818. The van der Waals surface area contributed by atoms with Crippen LogP contribution in [0.1, 0.15) is 20.3 Å². The molecular weight excluding hydrogens is 164 g/mol. The van der Waals surface area contributed by atoms with E-state index < -0.39 is 0 Å². The number of carbonyl (C=O) groups is 1. The molecule has 0 aromatic heterocycles. The molecule has 5 aliphatic rings. The molecular formula is C11H14O2. The molecule has 2 nitrogen and oxygen atoms in total. The Hall–Kier alpha value is -0.530. The fraction of sp³-hybridized carbons (Fsp3) is 0.909. The summed E-state index contributed by atoms with van der Waals surface area (Å²) in [5, 5.41) is 0. The molecule has 3 bridgehead atoms. The van der Waals surface area contributed by atoms with Crippen molar-refractivity contribution in [3.05, 3.63) is 0 Å². The second-order valence-electron chi connectivity index (χ2n) is 5.57. The van der Waals surface area contributed by atoms with Crippen LogP contribution in [0.3, 0.4) is 0 Å². The van der Waals surface area contributed by atoms with Crippen LogP contribution in [-0.4, -0.2) is 12.1 Å². The first-order chi connectivity index (χ1) is 6.19.